The van der Waals surface area contributed by atoms with Crippen LogP contribution in [0.1, 0.15) is 10.4 Å². The highest BCUT2D eigenvalue weighted by Gasteiger charge is 2.11. The summed E-state index contributed by atoms with van der Waals surface area (Å²) in [5, 5.41) is 8.55. The number of hydrogen-bond acceptors (Lipinski definition) is 4. The molecule has 0 aliphatic heterocycles. The van der Waals surface area contributed by atoms with Gasteiger partial charge in [0.25, 0.3) is 6.43 Å². The average molecular weight is 217 g/mol. The van der Waals surface area contributed by atoms with Gasteiger partial charge >= 0.3 is 5.97 Å². The van der Waals surface area contributed by atoms with Crippen molar-refractivity contribution in [3.8, 4) is 0 Å². The van der Waals surface area contributed by atoms with E-state index in [1.54, 1.807) is 0 Å². The molecule has 0 aromatic carbocycles. The van der Waals surface area contributed by atoms with Gasteiger partial charge in [-0.05, 0) is 0 Å². The molecule has 1 N–H and O–H groups in total. The van der Waals surface area contributed by atoms with Gasteiger partial charge in [0.05, 0.1) is 12.1 Å². The molecule has 0 saturated carbocycles. The number of aromatic nitrogens is 2. The first-order valence-corrected chi connectivity index (χ1v) is 4.05. The third-order valence-electron chi connectivity index (χ3n) is 1.64. The summed E-state index contributed by atoms with van der Waals surface area (Å²) in [5.74, 6) is -1.08. The minimum atomic E-state index is -2.49. The Morgan fingerprint density at radius 1 is 1.53 bits per heavy atom. The Bertz CT molecular complexity index is 342. The molecule has 1 heterocycles. The van der Waals surface area contributed by atoms with Gasteiger partial charge in [-0.25, -0.2) is 23.5 Å². The van der Waals surface area contributed by atoms with E-state index in [9.17, 15) is 13.6 Å². The van der Waals surface area contributed by atoms with E-state index in [4.69, 9.17) is 5.11 Å². The lowest BCUT2D eigenvalue weighted by molar-refractivity contribution is 0.0696. The van der Waals surface area contributed by atoms with Crippen molar-refractivity contribution in [2.75, 3.05) is 18.5 Å². The van der Waals surface area contributed by atoms with E-state index >= 15 is 0 Å². The highest BCUT2D eigenvalue weighted by Crippen LogP contribution is 2.07. The van der Waals surface area contributed by atoms with Crippen molar-refractivity contribution in [1.29, 1.82) is 0 Å². The zero-order valence-electron chi connectivity index (χ0n) is 7.89. The van der Waals surface area contributed by atoms with E-state index in [2.05, 4.69) is 9.97 Å². The number of rotatable bonds is 4. The fourth-order valence-corrected chi connectivity index (χ4v) is 0.917. The summed E-state index contributed by atoms with van der Waals surface area (Å²) in [5.41, 5.74) is -0.0794. The van der Waals surface area contributed by atoms with Crippen molar-refractivity contribution in [3.05, 3.63) is 18.0 Å². The fourth-order valence-electron chi connectivity index (χ4n) is 0.917. The van der Waals surface area contributed by atoms with Gasteiger partial charge in [0.2, 0.25) is 5.95 Å². The third-order valence-corrected chi connectivity index (χ3v) is 1.64. The molecule has 0 radical (unpaired) electrons. The van der Waals surface area contributed by atoms with Crippen LogP contribution in [0.15, 0.2) is 12.4 Å². The molecule has 0 aliphatic carbocycles. The molecule has 0 saturated heterocycles. The van der Waals surface area contributed by atoms with Crippen LogP contribution in [0.25, 0.3) is 0 Å². The SMILES string of the molecule is CN(CC(F)F)c1ncc(C(=O)O)cn1. The quantitative estimate of drug-likeness (QED) is 0.810. The van der Waals surface area contributed by atoms with E-state index in [0.717, 1.165) is 17.3 Å². The minimum absolute atomic E-state index is 0.0697. The molecule has 0 atom stereocenters. The molecule has 5 nitrogen and oxygen atoms in total. The normalized spacial score (nSPS) is 10.4. The second-order valence-corrected chi connectivity index (χ2v) is 2.85. The molecular weight excluding hydrogens is 208 g/mol. The van der Waals surface area contributed by atoms with E-state index in [0.29, 0.717) is 0 Å². The van der Waals surface area contributed by atoms with Crippen LogP contribution in [0.2, 0.25) is 0 Å². The topological polar surface area (TPSA) is 66.3 Å². The zero-order valence-corrected chi connectivity index (χ0v) is 7.89. The molecule has 1 aromatic heterocycles. The van der Waals surface area contributed by atoms with Crippen molar-refractivity contribution < 1.29 is 18.7 Å². The largest absolute Gasteiger partial charge is 0.478 e. The smallest absolute Gasteiger partial charge is 0.338 e. The number of anilines is 1. The molecule has 1 aromatic rings. The van der Waals surface area contributed by atoms with Crippen molar-refractivity contribution in [2.24, 2.45) is 0 Å². The summed E-state index contributed by atoms with van der Waals surface area (Å²) >= 11 is 0. The summed E-state index contributed by atoms with van der Waals surface area (Å²) in [6.07, 6.45) is -0.336. The van der Waals surface area contributed by atoms with Crippen molar-refractivity contribution in [1.82, 2.24) is 9.97 Å². The van der Waals surface area contributed by atoms with Crippen molar-refractivity contribution in [3.63, 3.8) is 0 Å². The first-order chi connectivity index (χ1) is 7.00. The number of alkyl halides is 2. The number of halogens is 2. The number of nitrogens with zero attached hydrogens (tertiary/aromatic N) is 3. The lowest BCUT2D eigenvalue weighted by atomic mass is 10.3. The van der Waals surface area contributed by atoms with Gasteiger partial charge in [0.15, 0.2) is 0 Å². The summed E-state index contributed by atoms with van der Waals surface area (Å²) in [4.78, 5) is 18.9. The number of hydrogen-bond donors (Lipinski definition) is 1. The predicted molar refractivity (Wildman–Crippen MR) is 48.3 cm³/mol. The van der Waals surface area contributed by atoms with E-state index < -0.39 is 18.9 Å². The molecular formula is C8H9F2N3O2. The Kier molecular flexibility index (Phi) is 3.48. The number of carboxylic acids is 1. The van der Waals surface area contributed by atoms with Crippen LogP contribution >= 0.6 is 0 Å². The van der Waals surface area contributed by atoms with Gasteiger partial charge in [0, 0.05) is 19.4 Å². The van der Waals surface area contributed by atoms with Crippen LogP contribution in [0, 0.1) is 0 Å². The van der Waals surface area contributed by atoms with E-state index in [1.165, 1.54) is 7.05 Å². The van der Waals surface area contributed by atoms with E-state index in [-0.39, 0.29) is 11.5 Å². The highest BCUT2D eigenvalue weighted by atomic mass is 19.3. The van der Waals surface area contributed by atoms with Crippen LogP contribution in [0.5, 0.6) is 0 Å². The molecule has 0 fully saturated rings. The molecule has 0 amide bonds. The Labute approximate surface area is 84.4 Å². The maximum Gasteiger partial charge on any atom is 0.338 e. The molecule has 0 aliphatic rings. The standard InChI is InChI=1S/C8H9F2N3O2/c1-13(4-6(9)10)8-11-2-5(3-12-8)7(14)15/h2-3,6H,4H2,1H3,(H,14,15). The van der Waals surface area contributed by atoms with Crippen LogP contribution in [-0.2, 0) is 0 Å². The summed E-state index contributed by atoms with van der Waals surface area (Å²) < 4.78 is 24.0. The summed E-state index contributed by atoms with van der Waals surface area (Å²) in [6.45, 7) is -0.494. The van der Waals surface area contributed by atoms with Crippen LogP contribution in [0.4, 0.5) is 14.7 Å². The van der Waals surface area contributed by atoms with Crippen LogP contribution in [0.3, 0.4) is 0 Å². The van der Waals surface area contributed by atoms with Gasteiger partial charge in [-0.2, -0.15) is 0 Å². The predicted octanol–water partition coefficient (Wildman–Crippen LogP) is 0.876. The van der Waals surface area contributed by atoms with E-state index in [1.807, 2.05) is 0 Å². The second-order valence-electron chi connectivity index (χ2n) is 2.85. The highest BCUT2D eigenvalue weighted by molar-refractivity contribution is 5.86. The fraction of sp³-hybridized carbons (Fsp3) is 0.375. The second kappa shape index (κ2) is 4.63. The molecule has 15 heavy (non-hydrogen) atoms. The zero-order chi connectivity index (χ0) is 11.4. The maximum atomic E-state index is 12.0. The van der Waals surface area contributed by atoms with Crippen LogP contribution in [-0.4, -0.2) is 41.1 Å². The molecule has 1 rings (SSSR count). The number of carbonyl (C=O) groups is 1. The lowest BCUT2D eigenvalue weighted by Gasteiger charge is -2.15. The Balaban J connectivity index is 2.75. The Morgan fingerprint density at radius 2 is 2.07 bits per heavy atom. The molecule has 0 unspecified atom stereocenters. The Morgan fingerprint density at radius 3 is 2.47 bits per heavy atom. The minimum Gasteiger partial charge on any atom is -0.478 e. The monoisotopic (exact) mass is 217 g/mol. The molecule has 0 bridgehead atoms. The molecule has 7 heteroatoms. The molecule has 0 spiro atoms. The van der Waals surface area contributed by atoms with Gasteiger partial charge in [-0.3, -0.25) is 0 Å². The average Bonchev–Trinajstić information content (AvgIpc) is 2.17. The summed E-state index contributed by atoms with van der Waals surface area (Å²) in [6, 6.07) is 0. The van der Waals surface area contributed by atoms with Crippen molar-refractivity contribution >= 4 is 11.9 Å². The number of aromatic carboxylic acids is 1. The number of carboxylic acid groups (broad SMARTS) is 1. The first kappa shape index (κ1) is 11.3. The van der Waals surface area contributed by atoms with Crippen LogP contribution < -0.4 is 4.90 Å². The van der Waals surface area contributed by atoms with Gasteiger partial charge in [-0.15, -0.1) is 0 Å². The van der Waals surface area contributed by atoms with Crippen molar-refractivity contribution in [2.45, 2.75) is 6.43 Å². The maximum absolute atomic E-state index is 12.0. The summed E-state index contributed by atoms with van der Waals surface area (Å²) in [7, 11) is 1.40. The first-order valence-electron chi connectivity index (χ1n) is 4.05. The van der Waals surface area contributed by atoms with Gasteiger partial charge < -0.3 is 10.0 Å². The van der Waals surface area contributed by atoms with Gasteiger partial charge in [0.1, 0.15) is 0 Å². The molecule has 82 valence electrons. The lowest BCUT2D eigenvalue weighted by Crippen LogP contribution is -2.25. The third kappa shape index (κ3) is 3.12. The Hall–Kier alpha value is -1.79. The van der Waals surface area contributed by atoms with Gasteiger partial charge in [-0.1, -0.05) is 0 Å².